The first-order valence-corrected chi connectivity index (χ1v) is 9.18. The van der Waals surface area contributed by atoms with E-state index < -0.39 is 24.4 Å². The molecule has 8 nitrogen and oxygen atoms in total. The van der Waals surface area contributed by atoms with Crippen LogP contribution in [0.5, 0.6) is 11.5 Å². The van der Waals surface area contributed by atoms with Crippen molar-refractivity contribution in [3.05, 3.63) is 58.6 Å². The van der Waals surface area contributed by atoms with Gasteiger partial charge in [0.1, 0.15) is 6.54 Å². The molecule has 0 aliphatic carbocycles. The number of hydrogen-bond acceptors (Lipinski definition) is 6. The van der Waals surface area contributed by atoms with Crippen molar-refractivity contribution in [1.82, 2.24) is 10.6 Å². The standard InChI is InChI=1S/C20H19ClN2O6/c1-12(13-3-2-4-15(21)7-13)23-18(24)10-27-19(25)9-22-20(26)14-5-6-16-17(8-14)29-11-28-16/h2-8,12H,9-11H2,1H3,(H,22,26)(H,23,24)/t12-/m1/s1. The van der Waals surface area contributed by atoms with Crippen molar-refractivity contribution in [2.75, 3.05) is 19.9 Å². The summed E-state index contributed by atoms with van der Waals surface area (Å²) in [5, 5.41) is 5.70. The maximum absolute atomic E-state index is 12.1. The Kier molecular flexibility index (Phi) is 6.56. The molecule has 1 aliphatic rings. The summed E-state index contributed by atoms with van der Waals surface area (Å²) in [7, 11) is 0. The summed E-state index contributed by atoms with van der Waals surface area (Å²) in [6, 6.07) is 11.5. The lowest BCUT2D eigenvalue weighted by Crippen LogP contribution is -2.34. The van der Waals surface area contributed by atoms with Crippen LogP contribution in [0.15, 0.2) is 42.5 Å². The van der Waals surface area contributed by atoms with Crippen LogP contribution >= 0.6 is 11.6 Å². The Morgan fingerprint density at radius 1 is 1.14 bits per heavy atom. The van der Waals surface area contributed by atoms with Crippen molar-refractivity contribution in [1.29, 1.82) is 0 Å². The van der Waals surface area contributed by atoms with Crippen LogP contribution in [0.2, 0.25) is 5.02 Å². The zero-order valence-electron chi connectivity index (χ0n) is 15.6. The summed E-state index contributed by atoms with van der Waals surface area (Å²) >= 11 is 5.93. The van der Waals surface area contributed by atoms with E-state index in [9.17, 15) is 14.4 Å². The minimum atomic E-state index is -0.732. The van der Waals surface area contributed by atoms with Crippen molar-refractivity contribution >= 4 is 29.4 Å². The maximum Gasteiger partial charge on any atom is 0.325 e. The topological polar surface area (TPSA) is 103 Å². The zero-order chi connectivity index (χ0) is 20.8. The number of esters is 1. The molecule has 1 aliphatic heterocycles. The van der Waals surface area contributed by atoms with Crippen LogP contribution in [-0.2, 0) is 14.3 Å². The highest BCUT2D eigenvalue weighted by atomic mass is 35.5. The molecule has 2 amide bonds. The predicted octanol–water partition coefficient (Wildman–Crippen LogP) is 2.22. The van der Waals surface area contributed by atoms with E-state index >= 15 is 0 Å². The van der Waals surface area contributed by atoms with E-state index in [4.69, 9.17) is 25.8 Å². The third-order valence-electron chi connectivity index (χ3n) is 4.12. The lowest BCUT2D eigenvalue weighted by atomic mass is 10.1. The number of hydrogen-bond donors (Lipinski definition) is 2. The summed E-state index contributed by atoms with van der Waals surface area (Å²) in [6.45, 7) is 1.07. The first kappa shape index (κ1) is 20.5. The van der Waals surface area contributed by atoms with Crippen LogP contribution in [-0.4, -0.2) is 37.7 Å². The van der Waals surface area contributed by atoms with E-state index in [2.05, 4.69) is 10.6 Å². The Bertz CT molecular complexity index is 933. The molecule has 152 valence electrons. The molecule has 0 bridgehead atoms. The van der Waals surface area contributed by atoms with Gasteiger partial charge >= 0.3 is 5.97 Å². The van der Waals surface area contributed by atoms with Gasteiger partial charge in [-0.25, -0.2) is 0 Å². The van der Waals surface area contributed by atoms with Gasteiger partial charge in [0.15, 0.2) is 18.1 Å². The van der Waals surface area contributed by atoms with Gasteiger partial charge in [0, 0.05) is 10.6 Å². The molecule has 2 aromatic rings. The van der Waals surface area contributed by atoms with Gasteiger partial charge in [-0.1, -0.05) is 23.7 Å². The van der Waals surface area contributed by atoms with Gasteiger partial charge in [0.05, 0.1) is 6.04 Å². The minimum absolute atomic E-state index is 0.102. The number of carbonyl (C=O) groups excluding carboxylic acids is 3. The van der Waals surface area contributed by atoms with Gasteiger partial charge < -0.3 is 24.8 Å². The highest BCUT2D eigenvalue weighted by Crippen LogP contribution is 2.32. The molecule has 1 heterocycles. The molecule has 0 unspecified atom stereocenters. The largest absolute Gasteiger partial charge is 0.454 e. The average molecular weight is 419 g/mol. The van der Waals surface area contributed by atoms with Crippen LogP contribution in [0, 0.1) is 0 Å². The predicted molar refractivity (Wildman–Crippen MR) is 104 cm³/mol. The molecule has 0 fully saturated rings. The van der Waals surface area contributed by atoms with Crippen LogP contribution in [0.4, 0.5) is 0 Å². The van der Waals surface area contributed by atoms with Crippen molar-refractivity contribution < 1.29 is 28.6 Å². The number of halogens is 1. The Labute approximate surface area is 172 Å². The molecule has 0 radical (unpaired) electrons. The minimum Gasteiger partial charge on any atom is -0.454 e. The number of amides is 2. The monoisotopic (exact) mass is 418 g/mol. The smallest absolute Gasteiger partial charge is 0.325 e. The molecule has 9 heteroatoms. The SMILES string of the molecule is C[C@@H](NC(=O)COC(=O)CNC(=O)c1ccc2c(c1)OCO2)c1cccc(Cl)c1. The van der Waals surface area contributed by atoms with E-state index in [0.29, 0.717) is 22.1 Å². The fraction of sp³-hybridized carbons (Fsp3) is 0.250. The van der Waals surface area contributed by atoms with E-state index in [1.54, 1.807) is 37.3 Å². The van der Waals surface area contributed by atoms with E-state index in [1.165, 1.54) is 6.07 Å². The highest BCUT2D eigenvalue weighted by Gasteiger charge is 2.17. The second-order valence-corrected chi connectivity index (χ2v) is 6.69. The second-order valence-electron chi connectivity index (χ2n) is 6.26. The number of nitrogens with one attached hydrogen (secondary N) is 2. The average Bonchev–Trinajstić information content (AvgIpc) is 3.18. The summed E-state index contributed by atoms with van der Waals surface area (Å²) in [6.07, 6.45) is 0. The number of rotatable bonds is 7. The number of carbonyl (C=O) groups is 3. The first-order valence-electron chi connectivity index (χ1n) is 8.80. The summed E-state index contributed by atoms with van der Waals surface area (Å²) < 4.78 is 15.3. The lowest BCUT2D eigenvalue weighted by Gasteiger charge is -2.14. The summed E-state index contributed by atoms with van der Waals surface area (Å²) in [4.78, 5) is 35.9. The number of ether oxygens (including phenoxy) is 3. The van der Waals surface area contributed by atoms with Gasteiger partial charge in [-0.3, -0.25) is 14.4 Å². The van der Waals surface area contributed by atoms with Crippen LogP contribution in [0.3, 0.4) is 0 Å². The zero-order valence-corrected chi connectivity index (χ0v) is 16.3. The molecule has 2 N–H and O–H groups in total. The third-order valence-corrected chi connectivity index (χ3v) is 4.35. The van der Waals surface area contributed by atoms with Gasteiger partial charge in [0.25, 0.3) is 11.8 Å². The van der Waals surface area contributed by atoms with Crippen LogP contribution in [0.25, 0.3) is 0 Å². The second kappa shape index (κ2) is 9.29. The molecule has 2 aromatic carbocycles. The third kappa shape index (κ3) is 5.61. The molecule has 0 spiro atoms. The van der Waals surface area contributed by atoms with Crippen LogP contribution < -0.4 is 20.1 Å². The molecule has 0 saturated heterocycles. The molecule has 1 atom stereocenters. The summed E-state index contributed by atoms with van der Waals surface area (Å²) in [5.41, 5.74) is 1.14. The molecule has 0 aromatic heterocycles. The fourth-order valence-electron chi connectivity index (χ4n) is 2.63. The van der Waals surface area contributed by atoms with Crippen LogP contribution in [0.1, 0.15) is 28.9 Å². The fourth-order valence-corrected chi connectivity index (χ4v) is 2.83. The Morgan fingerprint density at radius 2 is 1.93 bits per heavy atom. The van der Waals surface area contributed by atoms with E-state index in [0.717, 1.165) is 5.56 Å². The van der Waals surface area contributed by atoms with E-state index in [1.807, 2.05) is 6.07 Å². The Hall–Kier alpha value is -3.26. The molecular formula is C20H19ClN2O6. The molecular weight excluding hydrogens is 400 g/mol. The van der Waals surface area contributed by atoms with Gasteiger partial charge in [-0.15, -0.1) is 0 Å². The highest BCUT2D eigenvalue weighted by molar-refractivity contribution is 6.30. The van der Waals surface area contributed by atoms with E-state index in [-0.39, 0.29) is 19.4 Å². The first-order chi connectivity index (χ1) is 13.9. The molecule has 29 heavy (non-hydrogen) atoms. The summed E-state index contributed by atoms with van der Waals surface area (Å²) in [5.74, 6) is -0.651. The molecule has 3 rings (SSSR count). The van der Waals surface area contributed by atoms with Gasteiger partial charge in [0.2, 0.25) is 6.79 Å². The lowest BCUT2D eigenvalue weighted by molar-refractivity contribution is -0.147. The van der Waals surface area contributed by atoms with Crippen molar-refractivity contribution in [2.24, 2.45) is 0 Å². The van der Waals surface area contributed by atoms with Crippen molar-refractivity contribution in [2.45, 2.75) is 13.0 Å². The Morgan fingerprint density at radius 3 is 2.72 bits per heavy atom. The van der Waals surface area contributed by atoms with Crippen molar-refractivity contribution in [3.8, 4) is 11.5 Å². The molecule has 0 saturated carbocycles. The van der Waals surface area contributed by atoms with Crippen molar-refractivity contribution in [3.63, 3.8) is 0 Å². The van der Waals surface area contributed by atoms with Gasteiger partial charge in [-0.05, 0) is 42.8 Å². The number of benzene rings is 2. The quantitative estimate of drug-likeness (QED) is 0.668. The maximum atomic E-state index is 12.1. The van der Waals surface area contributed by atoms with Gasteiger partial charge in [-0.2, -0.15) is 0 Å². The normalized spacial score (nSPS) is 12.8. The Balaban J connectivity index is 1.40. The number of fused-ring (bicyclic) bond motifs is 1.